The summed E-state index contributed by atoms with van der Waals surface area (Å²) < 4.78 is 5.33. The number of aliphatic carboxylic acids is 1. The van der Waals surface area contributed by atoms with E-state index in [0.717, 1.165) is 37.9 Å². The van der Waals surface area contributed by atoms with Crippen molar-refractivity contribution in [3.05, 3.63) is 41.5 Å². The largest absolute Gasteiger partial charge is 0.497 e. The van der Waals surface area contributed by atoms with Crippen LogP contribution in [0.25, 0.3) is 10.8 Å². The Bertz CT molecular complexity index is 765. The van der Waals surface area contributed by atoms with Gasteiger partial charge in [-0.2, -0.15) is 0 Å². The van der Waals surface area contributed by atoms with Crippen LogP contribution in [0.2, 0.25) is 0 Å². The first kappa shape index (κ1) is 16.8. The fourth-order valence-electron chi connectivity index (χ4n) is 4.66. The number of fused-ring (bicyclic) bond motifs is 3. The lowest BCUT2D eigenvalue weighted by molar-refractivity contribution is -0.152. The molecule has 0 fully saturated rings. The minimum Gasteiger partial charge on any atom is -0.497 e. The van der Waals surface area contributed by atoms with Crippen molar-refractivity contribution in [2.24, 2.45) is 5.41 Å². The molecule has 24 heavy (non-hydrogen) atoms. The standard InChI is InChI=1S/C21H26O3/c1-4-11-21(20(22)23)12-10-17-16-9-7-15(24-3)13-14(16)6-8-18(17)19(21)5-2/h6-9,13,19H,4-5,10-12H2,1-3H3,(H,22,23). The molecule has 0 bridgehead atoms. The van der Waals surface area contributed by atoms with E-state index in [1.165, 1.54) is 21.9 Å². The number of carbonyl (C=O) groups is 1. The second kappa shape index (κ2) is 6.46. The Morgan fingerprint density at radius 2 is 2.08 bits per heavy atom. The molecule has 0 amide bonds. The molecule has 1 aliphatic carbocycles. The molecule has 2 atom stereocenters. The number of hydrogen-bond acceptors (Lipinski definition) is 2. The van der Waals surface area contributed by atoms with E-state index in [4.69, 9.17) is 4.74 Å². The quantitative estimate of drug-likeness (QED) is 0.825. The van der Waals surface area contributed by atoms with Gasteiger partial charge in [0.2, 0.25) is 0 Å². The molecule has 1 N–H and O–H groups in total. The van der Waals surface area contributed by atoms with Crippen LogP contribution in [0.5, 0.6) is 5.75 Å². The molecule has 3 heteroatoms. The number of rotatable bonds is 5. The lowest BCUT2D eigenvalue weighted by Crippen LogP contribution is -2.40. The molecule has 0 aliphatic heterocycles. The normalized spacial score (nSPS) is 23.0. The molecule has 0 saturated heterocycles. The Morgan fingerprint density at radius 3 is 2.71 bits per heavy atom. The third kappa shape index (κ3) is 2.47. The first-order valence-electron chi connectivity index (χ1n) is 8.90. The highest BCUT2D eigenvalue weighted by molar-refractivity contribution is 5.89. The Kier molecular flexibility index (Phi) is 4.53. The molecule has 0 radical (unpaired) electrons. The minimum atomic E-state index is -0.628. The summed E-state index contributed by atoms with van der Waals surface area (Å²) in [7, 11) is 1.68. The summed E-state index contributed by atoms with van der Waals surface area (Å²) in [4.78, 5) is 12.2. The van der Waals surface area contributed by atoms with Crippen molar-refractivity contribution >= 4 is 16.7 Å². The van der Waals surface area contributed by atoms with Gasteiger partial charge in [0, 0.05) is 5.92 Å². The number of carboxylic acid groups (broad SMARTS) is 1. The highest BCUT2D eigenvalue weighted by Gasteiger charge is 2.47. The van der Waals surface area contributed by atoms with Crippen LogP contribution in [0.15, 0.2) is 30.3 Å². The van der Waals surface area contributed by atoms with Crippen LogP contribution < -0.4 is 4.74 Å². The fraction of sp³-hybridized carbons (Fsp3) is 0.476. The van der Waals surface area contributed by atoms with Gasteiger partial charge in [-0.1, -0.05) is 38.5 Å². The van der Waals surface area contributed by atoms with Gasteiger partial charge in [-0.15, -0.1) is 0 Å². The van der Waals surface area contributed by atoms with Crippen LogP contribution in [0.3, 0.4) is 0 Å². The van der Waals surface area contributed by atoms with Crippen molar-refractivity contribution in [1.29, 1.82) is 0 Å². The Labute approximate surface area is 143 Å². The molecule has 0 spiro atoms. The predicted octanol–water partition coefficient (Wildman–Crippen LogP) is 5.16. The molecule has 0 heterocycles. The molecule has 3 nitrogen and oxygen atoms in total. The highest BCUT2D eigenvalue weighted by atomic mass is 16.5. The van der Waals surface area contributed by atoms with Crippen molar-refractivity contribution in [3.63, 3.8) is 0 Å². The zero-order valence-electron chi connectivity index (χ0n) is 14.8. The molecule has 3 rings (SSSR count). The summed E-state index contributed by atoms with van der Waals surface area (Å²) in [6.07, 6.45) is 4.08. The molecule has 1 aliphatic rings. The van der Waals surface area contributed by atoms with Gasteiger partial charge in [-0.3, -0.25) is 4.79 Å². The van der Waals surface area contributed by atoms with Crippen LogP contribution in [0, 0.1) is 5.41 Å². The van der Waals surface area contributed by atoms with Gasteiger partial charge in [-0.25, -0.2) is 0 Å². The maximum absolute atomic E-state index is 12.2. The maximum atomic E-state index is 12.2. The molecule has 2 aromatic carbocycles. The topological polar surface area (TPSA) is 46.5 Å². The van der Waals surface area contributed by atoms with E-state index < -0.39 is 11.4 Å². The molecule has 0 saturated carbocycles. The van der Waals surface area contributed by atoms with Gasteiger partial charge in [0.15, 0.2) is 0 Å². The first-order valence-corrected chi connectivity index (χ1v) is 8.90. The summed E-state index contributed by atoms with van der Waals surface area (Å²) in [5.74, 6) is 0.318. The fourth-order valence-corrected chi connectivity index (χ4v) is 4.66. The second-order valence-electron chi connectivity index (χ2n) is 6.89. The van der Waals surface area contributed by atoms with E-state index in [0.29, 0.717) is 0 Å². The number of benzene rings is 2. The monoisotopic (exact) mass is 326 g/mol. The van der Waals surface area contributed by atoms with Gasteiger partial charge >= 0.3 is 5.97 Å². The van der Waals surface area contributed by atoms with Crippen LogP contribution in [0.4, 0.5) is 0 Å². The molecule has 2 aromatic rings. The molecular formula is C21H26O3. The second-order valence-corrected chi connectivity index (χ2v) is 6.89. The average Bonchev–Trinajstić information content (AvgIpc) is 2.60. The lowest BCUT2D eigenvalue weighted by Gasteiger charge is -2.42. The Hall–Kier alpha value is -2.03. The highest BCUT2D eigenvalue weighted by Crippen LogP contribution is 2.51. The number of methoxy groups -OCH3 is 1. The summed E-state index contributed by atoms with van der Waals surface area (Å²) in [5, 5.41) is 12.4. The van der Waals surface area contributed by atoms with E-state index in [1.54, 1.807) is 7.11 Å². The molecule has 0 aromatic heterocycles. The van der Waals surface area contributed by atoms with Crippen LogP contribution in [0.1, 0.15) is 56.6 Å². The zero-order chi connectivity index (χ0) is 17.3. The van der Waals surface area contributed by atoms with Crippen LogP contribution >= 0.6 is 0 Å². The van der Waals surface area contributed by atoms with E-state index in [2.05, 4.69) is 38.1 Å². The smallest absolute Gasteiger partial charge is 0.310 e. The first-order chi connectivity index (χ1) is 11.6. The van der Waals surface area contributed by atoms with E-state index in [-0.39, 0.29) is 5.92 Å². The van der Waals surface area contributed by atoms with E-state index >= 15 is 0 Å². The van der Waals surface area contributed by atoms with Gasteiger partial charge in [-0.05, 0) is 59.7 Å². The van der Waals surface area contributed by atoms with Crippen molar-refractivity contribution in [2.75, 3.05) is 7.11 Å². The van der Waals surface area contributed by atoms with Crippen molar-refractivity contribution in [2.45, 2.75) is 51.9 Å². The number of aryl methyl sites for hydroxylation is 1. The van der Waals surface area contributed by atoms with Crippen molar-refractivity contribution in [3.8, 4) is 5.75 Å². The van der Waals surface area contributed by atoms with Crippen molar-refractivity contribution < 1.29 is 14.6 Å². The zero-order valence-corrected chi connectivity index (χ0v) is 14.8. The lowest BCUT2D eigenvalue weighted by atomic mass is 9.60. The molecule has 128 valence electrons. The van der Waals surface area contributed by atoms with Crippen LogP contribution in [-0.4, -0.2) is 18.2 Å². The van der Waals surface area contributed by atoms with Gasteiger partial charge < -0.3 is 9.84 Å². The number of hydrogen-bond donors (Lipinski definition) is 1. The number of ether oxygens (including phenoxy) is 1. The summed E-state index contributed by atoms with van der Waals surface area (Å²) in [5.41, 5.74) is 1.95. The SMILES string of the molecule is CCCC1(C(=O)O)CCc2c(ccc3cc(OC)ccc23)C1CC. The summed E-state index contributed by atoms with van der Waals surface area (Å²) >= 11 is 0. The van der Waals surface area contributed by atoms with Gasteiger partial charge in [0.05, 0.1) is 12.5 Å². The summed E-state index contributed by atoms with van der Waals surface area (Å²) in [6.45, 7) is 4.20. The predicted molar refractivity (Wildman–Crippen MR) is 96.8 cm³/mol. The molecular weight excluding hydrogens is 300 g/mol. The van der Waals surface area contributed by atoms with Gasteiger partial charge in [0.25, 0.3) is 0 Å². The Morgan fingerprint density at radius 1 is 1.29 bits per heavy atom. The third-order valence-electron chi connectivity index (χ3n) is 5.77. The summed E-state index contributed by atoms with van der Waals surface area (Å²) in [6, 6.07) is 10.4. The molecule has 2 unspecified atom stereocenters. The average molecular weight is 326 g/mol. The van der Waals surface area contributed by atoms with E-state index in [1.807, 2.05) is 6.07 Å². The van der Waals surface area contributed by atoms with Crippen molar-refractivity contribution in [1.82, 2.24) is 0 Å². The third-order valence-corrected chi connectivity index (χ3v) is 5.77. The Balaban J connectivity index is 2.17. The van der Waals surface area contributed by atoms with Crippen LogP contribution in [-0.2, 0) is 11.2 Å². The maximum Gasteiger partial charge on any atom is 0.310 e. The van der Waals surface area contributed by atoms with E-state index in [9.17, 15) is 9.90 Å². The number of carboxylic acids is 1. The minimum absolute atomic E-state index is 0.0881. The van der Waals surface area contributed by atoms with Gasteiger partial charge in [0.1, 0.15) is 5.75 Å².